The molecule has 0 aliphatic heterocycles. The summed E-state index contributed by atoms with van der Waals surface area (Å²) in [6, 6.07) is 14.0. The minimum Gasteiger partial charge on any atom is -0.207 e. The molecule has 3 aromatic rings. The average molecular weight is 400 g/mol. The van der Waals surface area contributed by atoms with Crippen LogP contribution >= 0.6 is 0 Å². The minimum atomic E-state index is -0.298. The van der Waals surface area contributed by atoms with E-state index in [4.69, 9.17) is 0 Å². The van der Waals surface area contributed by atoms with E-state index in [0.717, 1.165) is 5.56 Å². The molecule has 3 heteroatoms. The number of halogens is 3. The van der Waals surface area contributed by atoms with Crippen molar-refractivity contribution in [3.05, 3.63) is 112 Å². The van der Waals surface area contributed by atoms with Gasteiger partial charge in [0.25, 0.3) is 0 Å². The van der Waals surface area contributed by atoms with Crippen molar-refractivity contribution >= 4 is 5.57 Å². The van der Waals surface area contributed by atoms with Crippen molar-refractivity contribution in [1.82, 2.24) is 0 Å². The quantitative estimate of drug-likeness (QED) is 0.408. The fourth-order valence-electron chi connectivity index (χ4n) is 2.78. The molecule has 0 aromatic heterocycles. The zero-order valence-corrected chi connectivity index (χ0v) is 16.9. The second kappa shape index (κ2) is 9.21. The molecule has 0 fully saturated rings. The van der Waals surface area contributed by atoms with Gasteiger partial charge in [0, 0.05) is 22.8 Å². The summed E-state index contributed by atoms with van der Waals surface area (Å²) in [7, 11) is 0. The first-order chi connectivity index (χ1) is 14.3. The molecule has 0 atom stereocenters. The third-order valence-electron chi connectivity index (χ3n) is 4.56. The van der Waals surface area contributed by atoms with E-state index >= 15 is 0 Å². The topological polar surface area (TPSA) is 0 Å². The Labute approximate surface area is 175 Å². The molecule has 0 N–H and O–H groups in total. The summed E-state index contributed by atoms with van der Waals surface area (Å²) in [6.07, 6.45) is 1.65. The second-order valence-corrected chi connectivity index (χ2v) is 6.97. The highest BCUT2D eigenvalue weighted by atomic mass is 19.1. The van der Waals surface area contributed by atoms with Crippen LogP contribution in [0.15, 0.2) is 60.7 Å². The summed E-state index contributed by atoms with van der Waals surface area (Å²) < 4.78 is 40.6. The molecule has 0 aliphatic carbocycles. The lowest BCUT2D eigenvalue weighted by molar-refractivity contribution is 0.618. The third kappa shape index (κ3) is 5.22. The first-order valence-corrected chi connectivity index (χ1v) is 9.36. The predicted octanol–water partition coefficient (Wildman–Crippen LogP) is 6.52. The van der Waals surface area contributed by atoms with Gasteiger partial charge in [0.2, 0.25) is 0 Å². The van der Waals surface area contributed by atoms with Crippen molar-refractivity contribution in [2.24, 2.45) is 0 Å². The summed E-state index contributed by atoms with van der Waals surface area (Å²) >= 11 is 0. The van der Waals surface area contributed by atoms with E-state index in [9.17, 15) is 13.2 Å². The maximum absolute atomic E-state index is 13.7. The smallest absolute Gasteiger partial charge is 0.126 e. The molecule has 0 bridgehead atoms. The van der Waals surface area contributed by atoms with Crippen molar-refractivity contribution in [2.45, 2.75) is 20.8 Å². The van der Waals surface area contributed by atoms with Crippen LogP contribution in [0.2, 0.25) is 0 Å². The van der Waals surface area contributed by atoms with Gasteiger partial charge in [-0.25, -0.2) is 13.2 Å². The molecule has 3 rings (SSSR count). The second-order valence-electron chi connectivity index (χ2n) is 6.97. The van der Waals surface area contributed by atoms with Crippen LogP contribution in [0.1, 0.15) is 33.4 Å². The maximum atomic E-state index is 13.7. The van der Waals surface area contributed by atoms with Gasteiger partial charge in [-0.2, -0.15) is 0 Å². The molecule has 0 nitrogen and oxygen atoms in total. The molecular formula is C27H19F3. The van der Waals surface area contributed by atoms with Crippen molar-refractivity contribution < 1.29 is 13.2 Å². The molecule has 0 spiro atoms. The van der Waals surface area contributed by atoms with E-state index in [-0.39, 0.29) is 17.5 Å². The van der Waals surface area contributed by atoms with Gasteiger partial charge < -0.3 is 0 Å². The van der Waals surface area contributed by atoms with Crippen LogP contribution < -0.4 is 0 Å². The fourth-order valence-corrected chi connectivity index (χ4v) is 2.78. The Balaban J connectivity index is 2.01. The molecule has 0 saturated carbocycles. The van der Waals surface area contributed by atoms with Crippen molar-refractivity contribution in [2.75, 3.05) is 0 Å². The number of hydrogen-bond acceptors (Lipinski definition) is 0. The van der Waals surface area contributed by atoms with Crippen LogP contribution in [0.25, 0.3) is 5.57 Å². The van der Waals surface area contributed by atoms with Crippen molar-refractivity contribution in [3.8, 4) is 23.7 Å². The lowest BCUT2D eigenvalue weighted by atomic mass is 10.0. The minimum absolute atomic E-state index is 0.279. The summed E-state index contributed by atoms with van der Waals surface area (Å²) in [4.78, 5) is 0. The van der Waals surface area contributed by atoms with E-state index in [1.807, 2.05) is 0 Å². The number of hydrogen-bond donors (Lipinski definition) is 0. The monoisotopic (exact) mass is 400 g/mol. The summed E-state index contributed by atoms with van der Waals surface area (Å²) in [5.74, 6) is 11.1. The molecule has 0 aliphatic rings. The molecule has 0 amide bonds. The summed E-state index contributed by atoms with van der Waals surface area (Å²) in [5, 5.41) is 0. The third-order valence-corrected chi connectivity index (χ3v) is 4.56. The van der Waals surface area contributed by atoms with Crippen LogP contribution in [0, 0.1) is 61.9 Å². The fraction of sp³-hybridized carbons (Fsp3) is 0.111. The summed E-state index contributed by atoms with van der Waals surface area (Å²) in [5.41, 5.74) is 4.21. The van der Waals surface area contributed by atoms with Gasteiger partial charge in [-0.1, -0.05) is 29.7 Å². The Morgan fingerprint density at radius 3 is 1.70 bits per heavy atom. The molecule has 30 heavy (non-hydrogen) atoms. The number of rotatable bonds is 1. The van der Waals surface area contributed by atoms with Gasteiger partial charge in [0.05, 0.1) is 0 Å². The highest BCUT2D eigenvalue weighted by molar-refractivity contribution is 5.81. The number of allylic oxidation sites excluding steroid dienone is 2. The summed E-state index contributed by atoms with van der Waals surface area (Å²) in [6.45, 7) is 5.04. The van der Waals surface area contributed by atoms with Gasteiger partial charge in [0.1, 0.15) is 17.5 Å². The zero-order valence-electron chi connectivity index (χ0n) is 16.9. The number of aryl methyl sites for hydroxylation is 3. The Hall–Kier alpha value is -3.69. The van der Waals surface area contributed by atoms with Crippen LogP contribution in [-0.2, 0) is 0 Å². The molecule has 148 valence electrons. The van der Waals surface area contributed by atoms with E-state index in [0.29, 0.717) is 33.4 Å². The van der Waals surface area contributed by atoms with E-state index in [1.54, 1.807) is 63.2 Å². The molecular weight excluding hydrogens is 381 g/mol. The first kappa shape index (κ1) is 21.0. The lowest BCUT2D eigenvalue weighted by Gasteiger charge is -2.02. The standard InChI is InChI=1S/C27H19F3/c1-18-15-21(8-12-25(18)28)5-4-6-23(24-11-14-27(30)20(3)17-24)10-7-22-9-13-26(29)19(2)16-22/h6,8-9,11-17H,1-3H3/b23-6-. The zero-order chi connectivity index (χ0) is 21.7. The normalized spacial score (nSPS) is 10.7. The van der Waals surface area contributed by atoms with Crippen molar-refractivity contribution in [1.29, 1.82) is 0 Å². The van der Waals surface area contributed by atoms with Gasteiger partial charge in [0.15, 0.2) is 0 Å². The van der Waals surface area contributed by atoms with Crippen LogP contribution in [0.4, 0.5) is 13.2 Å². The Kier molecular flexibility index (Phi) is 6.45. The van der Waals surface area contributed by atoms with Gasteiger partial charge in [-0.3, -0.25) is 0 Å². The van der Waals surface area contributed by atoms with Crippen LogP contribution in [0.3, 0.4) is 0 Å². The van der Waals surface area contributed by atoms with E-state index in [1.165, 1.54) is 18.2 Å². The molecule has 3 aromatic carbocycles. The first-order valence-electron chi connectivity index (χ1n) is 9.36. The van der Waals surface area contributed by atoms with Crippen LogP contribution in [-0.4, -0.2) is 0 Å². The highest BCUT2D eigenvalue weighted by Gasteiger charge is 2.03. The van der Waals surface area contributed by atoms with Crippen molar-refractivity contribution in [3.63, 3.8) is 0 Å². The lowest BCUT2D eigenvalue weighted by Crippen LogP contribution is -1.88. The Morgan fingerprint density at radius 2 is 1.17 bits per heavy atom. The SMILES string of the molecule is Cc1cc(C#C/C=C(/C#Cc2ccc(F)c(C)c2)c2ccc(F)c(C)c2)ccc1F. The predicted molar refractivity (Wildman–Crippen MR) is 115 cm³/mol. The Morgan fingerprint density at radius 1 is 0.667 bits per heavy atom. The average Bonchev–Trinajstić information content (AvgIpc) is 2.72. The molecule has 0 heterocycles. The molecule has 0 unspecified atom stereocenters. The number of benzene rings is 3. The Bertz CT molecular complexity index is 1260. The molecule has 0 radical (unpaired) electrons. The maximum Gasteiger partial charge on any atom is 0.126 e. The molecule has 0 saturated heterocycles. The van der Waals surface area contributed by atoms with Crippen LogP contribution in [0.5, 0.6) is 0 Å². The van der Waals surface area contributed by atoms with E-state index in [2.05, 4.69) is 23.7 Å². The van der Waals surface area contributed by atoms with Gasteiger partial charge >= 0.3 is 0 Å². The largest absolute Gasteiger partial charge is 0.207 e. The van der Waals surface area contributed by atoms with Gasteiger partial charge in [-0.05, 0) is 91.6 Å². The van der Waals surface area contributed by atoms with E-state index < -0.39 is 0 Å². The highest BCUT2D eigenvalue weighted by Crippen LogP contribution is 2.18. The van der Waals surface area contributed by atoms with Gasteiger partial charge in [-0.15, -0.1) is 0 Å².